The molecule has 3 aromatic rings. The molecular formula is C15H12ClN3O2S2. The van der Waals surface area contributed by atoms with Gasteiger partial charge in [-0.05, 0) is 29.6 Å². The second-order valence-electron chi connectivity index (χ2n) is 4.51. The first-order valence-electron chi connectivity index (χ1n) is 6.76. The summed E-state index contributed by atoms with van der Waals surface area (Å²) < 4.78 is 5.55. The fraction of sp³-hybridized carbons (Fsp3) is 0.133. The molecule has 23 heavy (non-hydrogen) atoms. The number of carbonyl (C=O) groups excluding carboxylic acids is 1. The van der Waals surface area contributed by atoms with Crippen molar-refractivity contribution in [1.82, 2.24) is 10.2 Å². The Morgan fingerprint density at radius 3 is 3.00 bits per heavy atom. The first-order valence-corrected chi connectivity index (χ1v) is 9.00. The van der Waals surface area contributed by atoms with Crippen molar-refractivity contribution < 1.29 is 9.21 Å². The number of nitrogens with one attached hydrogen (secondary N) is 1. The lowest BCUT2D eigenvalue weighted by Gasteiger charge is -2.04. The van der Waals surface area contributed by atoms with E-state index in [2.05, 4.69) is 15.5 Å². The monoisotopic (exact) mass is 365 g/mol. The van der Waals surface area contributed by atoms with Crippen molar-refractivity contribution in [3.05, 3.63) is 46.8 Å². The minimum Gasteiger partial charge on any atom is -0.410 e. The Bertz CT molecular complexity index is 790. The number of amides is 1. The van der Waals surface area contributed by atoms with Gasteiger partial charge in [0.15, 0.2) is 0 Å². The average Bonchev–Trinajstić information content (AvgIpc) is 3.18. The predicted molar refractivity (Wildman–Crippen MR) is 93.0 cm³/mol. The van der Waals surface area contributed by atoms with E-state index in [0.29, 0.717) is 34.0 Å². The van der Waals surface area contributed by atoms with Crippen LogP contribution in [-0.4, -0.2) is 21.9 Å². The number of aromatic nitrogens is 2. The highest BCUT2D eigenvalue weighted by molar-refractivity contribution is 7.99. The molecule has 2 heterocycles. The molecule has 118 valence electrons. The Balaban J connectivity index is 1.47. The van der Waals surface area contributed by atoms with E-state index in [9.17, 15) is 4.79 Å². The summed E-state index contributed by atoms with van der Waals surface area (Å²) in [6.07, 6.45) is 0.341. The van der Waals surface area contributed by atoms with E-state index in [1.807, 2.05) is 17.5 Å². The van der Waals surface area contributed by atoms with Crippen LogP contribution in [-0.2, 0) is 4.79 Å². The smallest absolute Gasteiger partial charge is 0.276 e. The van der Waals surface area contributed by atoms with Gasteiger partial charge in [-0.1, -0.05) is 35.5 Å². The molecule has 0 fully saturated rings. The summed E-state index contributed by atoms with van der Waals surface area (Å²) in [6.45, 7) is 0. The third-order valence-corrected chi connectivity index (χ3v) is 4.71. The third-order valence-electron chi connectivity index (χ3n) is 2.80. The van der Waals surface area contributed by atoms with E-state index in [1.54, 1.807) is 35.6 Å². The standard InChI is InChI=1S/C15H12ClN3O2S2/c16-10-3-1-4-11(9-10)17-13(20)6-8-23-15-19-18-14(21-15)12-5-2-7-22-12/h1-5,7,9H,6,8H2,(H,17,20). The van der Waals surface area contributed by atoms with E-state index in [-0.39, 0.29) is 5.91 Å². The number of thioether (sulfide) groups is 1. The lowest BCUT2D eigenvalue weighted by Crippen LogP contribution is -2.12. The van der Waals surface area contributed by atoms with Crippen LogP contribution in [0.4, 0.5) is 5.69 Å². The van der Waals surface area contributed by atoms with Crippen LogP contribution in [0.15, 0.2) is 51.4 Å². The number of rotatable bonds is 6. The van der Waals surface area contributed by atoms with Gasteiger partial charge in [-0.15, -0.1) is 21.5 Å². The van der Waals surface area contributed by atoms with Gasteiger partial charge in [0.05, 0.1) is 4.88 Å². The van der Waals surface area contributed by atoms with E-state index in [4.69, 9.17) is 16.0 Å². The summed E-state index contributed by atoms with van der Waals surface area (Å²) in [5.74, 6) is 0.974. The van der Waals surface area contributed by atoms with Gasteiger partial charge < -0.3 is 9.73 Å². The van der Waals surface area contributed by atoms with E-state index in [0.717, 1.165) is 4.88 Å². The first kappa shape index (κ1) is 16.0. The fourth-order valence-electron chi connectivity index (χ4n) is 1.79. The van der Waals surface area contributed by atoms with Crippen molar-refractivity contribution >= 4 is 46.3 Å². The maximum atomic E-state index is 11.9. The van der Waals surface area contributed by atoms with E-state index >= 15 is 0 Å². The SMILES string of the molecule is O=C(CCSc1nnc(-c2cccs2)o1)Nc1cccc(Cl)c1. The number of halogens is 1. The zero-order valence-corrected chi connectivity index (χ0v) is 14.2. The maximum Gasteiger partial charge on any atom is 0.276 e. The Hall–Kier alpha value is -1.83. The number of anilines is 1. The number of thiophene rings is 1. The minimum absolute atomic E-state index is 0.0854. The number of benzene rings is 1. The second kappa shape index (κ2) is 7.63. The highest BCUT2D eigenvalue weighted by Gasteiger charge is 2.10. The molecule has 1 N–H and O–H groups in total. The molecule has 0 saturated carbocycles. The van der Waals surface area contributed by atoms with Crippen LogP contribution in [0.2, 0.25) is 5.02 Å². The van der Waals surface area contributed by atoms with Crippen LogP contribution in [0.25, 0.3) is 10.8 Å². The van der Waals surface area contributed by atoms with E-state index < -0.39 is 0 Å². The Morgan fingerprint density at radius 2 is 2.22 bits per heavy atom. The maximum absolute atomic E-state index is 11.9. The van der Waals surface area contributed by atoms with Crippen molar-refractivity contribution in [1.29, 1.82) is 0 Å². The molecule has 0 aliphatic rings. The molecule has 0 atom stereocenters. The molecule has 3 rings (SSSR count). The quantitative estimate of drug-likeness (QED) is 0.648. The number of hydrogen-bond acceptors (Lipinski definition) is 6. The molecule has 0 unspecified atom stereocenters. The third kappa shape index (κ3) is 4.57. The summed E-state index contributed by atoms with van der Waals surface area (Å²) in [6, 6.07) is 10.9. The van der Waals surface area contributed by atoms with Crippen molar-refractivity contribution in [2.45, 2.75) is 11.6 Å². The van der Waals surface area contributed by atoms with Gasteiger partial charge in [0.2, 0.25) is 5.91 Å². The van der Waals surface area contributed by atoms with Crippen LogP contribution < -0.4 is 5.32 Å². The summed E-state index contributed by atoms with van der Waals surface area (Å²) in [4.78, 5) is 12.8. The van der Waals surface area contributed by atoms with Crippen molar-refractivity contribution in [3.8, 4) is 10.8 Å². The Labute approximate surface area is 146 Å². The van der Waals surface area contributed by atoms with Gasteiger partial charge in [0, 0.05) is 22.9 Å². The Kier molecular flexibility index (Phi) is 5.32. The molecule has 5 nitrogen and oxygen atoms in total. The molecule has 1 aromatic carbocycles. The van der Waals surface area contributed by atoms with Gasteiger partial charge in [-0.3, -0.25) is 4.79 Å². The van der Waals surface area contributed by atoms with Crippen molar-refractivity contribution in [2.24, 2.45) is 0 Å². The van der Waals surface area contributed by atoms with Crippen LogP contribution in [0.5, 0.6) is 0 Å². The number of hydrogen-bond donors (Lipinski definition) is 1. The lowest BCUT2D eigenvalue weighted by molar-refractivity contribution is -0.115. The molecule has 0 bridgehead atoms. The van der Waals surface area contributed by atoms with Crippen LogP contribution >= 0.6 is 34.7 Å². The minimum atomic E-state index is -0.0854. The molecule has 0 radical (unpaired) electrons. The Morgan fingerprint density at radius 1 is 1.30 bits per heavy atom. The topological polar surface area (TPSA) is 68.0 Å². The summed E-state index contributed by atoms with van der Waals surface area (Å²) >= 11 is 8.77. The largest absolute Gasteiger partial charge is 0.410 e. The molecule has 0 spiro atoms. The highest BCUT2D eigenvalue weighted by atomic mass is 35.5. The normalized spacial score (nSPS) is 10.7. The summed E-state index contributed by atoms with van der Waals surface area (Å²) in [5.41, 5.74) is 0.685. The number of carbonyl (C=O) groups is 1. The first-order chi connectivity index (χ1) is 11.2. The van der Waals surface area contributed by atoms with Crippen molar-refractivity contribution in [2.75, 3.05) is 11.1 Å². The highest BCUT2D eigenvalue weighted by Crippen LogP contribution is 2.26. The zero-order chi connectivity index (χ0) is 16.1. The molecule has 8 heteroatoms. The average molecular weight is 366 g/mol. The van der Waals surface area contributed by atoms with Crippen LogP contribution in [0.1, 0.15) is 6.42 Å². The van der Waals surface area contributed by atoms with Crippen LogP contribution in [0.3, 0.4) is 0 Å². The molecule has 1 amide bonds. The molecule has 0 saturated heterocycles. The lowest BCUT2D eigenvalue weighted by atomic mass is 10.3. The zero-order valence-electron chi connectivity index (χ0n) is 11.9. The molecule has 0 aliphatic heterocycles. The van der Waals surface area contributed by atoms with Crippen LogP contribution in [0, 0.1) is 0 Å². The van der Waals surface area contributed by atoms with Gasteiger partial charge >= 0.3 is 0 Å². The second-order valence-corrected chi connectivity index (χ2v) is 6.94. The molecule has 2 aromatic heterocycles. The molecule has 0 aliphatic carbocycles. The van der Waals surface area contributed by atoms with E-state index in [1.165, 1.54) is 11.8 Å². The summed E-state index contributed by atoms with van der Waals surface area (Å²) in [5, 5.41) is 13.8. The predicted octanol–water partition coefficient (Wildman–Crippen LogP) is 4.57. The number of nitrogens with zero attached hydrogens (tertiary/aromatic N) is 2. The van der Waals surface area contributed by atoms with Gasteiger partial charge in [-0.2, -0.15) is 0 Å². The van der Waals surface area contributed by atoms with Gasteiger partial charge in [0.25, 0.3) is 11.1 Å². The van der Waals surface area contributed by atoms with Crippen molar-refractivity contribution in [3.63, 3.8) is 0 Å². The van der Waals surface area contributed by atoms with Gasteiger partial charge in [-0.25, -0.2) is 0 Å². The molecular weight excluding hydrogens is 354 g/mol. The fourth-order valence-corrected chi connectivity index (χ4v) is 3.32. The summed E-state index contributed by atoms with van der Waals surface area (Å²) in [7, 11) is 0. The van der Waals surface area contributed by atoms with Gasteiger partial charge in [0.1, 0.15) is 0 Å².